The van der Waals surface area contributed by atoms with Crippen LogP contribution in [0.4, 0.5) is 24.0 Å². The largest absolute Gasteiger partial charge is 0.445 e. The second-order valence-electron chi connectivity index (χ2n) is 6.08. The molecule has 136 valence electrons. The summed E-state index contributed by atoms with van der Waals surface area (Å²) >= 11 is 0.543. The van der Waals surface area contributed by atoms with Gasteiger partial charge in [-0.15, -0.1) is 10.2 Å². The molecule has 2 aromatic rings. The monoisotopic (exact) mass is 371 g/mol. The van der Waals surface area contributed by atoms with Gasteiger partial charge < -0.3 is 10.2 Å². The highest BCUT2D eigenvalue weighted by Crippen LogP contribution is 2.33. The third kappa shape index (κ3) is 4.82. The molecule has 0 bridgehead atoms. The number of nitrogens with one attached hydrogen (secondary N) is 1. The fraction of sp³-hybridized carbons (Fsp3) is 0.500. The van der Waals surface area contributed by atoms with Gasteiger partial charge in [0.15, 0.2) is 0 Å². The molecular formula is C16H20F3N5S. The lowest BCUT2D eigenvalue weighted by atomic mass is 10.2. The first-order valence-corrected chi connectivity index (χ1v) is 8.93. The maximum Gasteiger partial charge on any atom is 0.445 e. The summed E-state index contributed by atoms with van der Waals surface area (Å²) in [4.78, 5) is 4.65. The van der Waals surface area contributed by atoms with Gasteiger partial charge in [-0.2, -0.15) is 13.2 Å². The molecule has 3 rings (SSSR count). The molecule has 1 saturated heterocycles. The van der Waals surface area contributed by atoms with Gasteiger partial charge >= 0.3 is 6.18 Å². The zero-order chi connectivity index (χ0) is 17.9. The van der Waals surface area contributed by atoms with Crippen LogP contribution in [-0.4, -0.2) is 53.9 Å². The van der Waals surface area contributed by atoms with E-state index in [1.54, 1.807) is 0 Å². The fourth-order valence-corrected chi connectivity index (χ4v) is 3.59. The minimum atomic E-state index is -4.44. The molecule has 25 heavy (non-hydrogen) atoms. The van der Waals surface area contributed by atoms with E-state index < -0.39 is 11.2 Å². The molecule has 2 heterocycles. The van der Waals surface area contributed by atoms with Crippen molar-refractivity contribution in [1.29, 1.82) is 0 Å². The molecule has 9 heteroatoms. The molecule has 1 N–H and O–H groups in total. The number of piperazine rings is 1. The first-order valence-electron chi connectivity index (χ1n) is 8.11. The number of aromatic nitrogens is 2. The Kier molecular flexibility index (Phi) is 5.43. The third-order valence-electron chi connectivity index (χ3n) is 4.06. The van der Waals surface area contributed by atoms with Crippen molar-refractivity contribution < 1.29 is 13.2 Å². The van der Waals surface area contributed by atoms with Crippen LogP contribution in [0.25, 0.3) is 0 Å². The van der Waals surface area contributed by atoms with Gasteiger partial charge in [0.1, 0.15) is 0 Å². The molecule has 0 amide bonds. The van der Waals surface area contributed by atoms with E-state index in [4.69, 9.17) is 0 Å². The van der Waals surface area contributed by atoms with Crippen molar-refractivity contribution in [2.24, 2.45) is 0 Å². The van der Waals surface area contributed by atoms with Crippen molar-refractivity contribution in [2.75, 3.05) is 42.9 Å². The van der Waals surface area contributed by atoms with Gasteiger partial charge in [-0.3, -0.25) is 4.90 Å². The summed E-state index contributed by atoms with van der Waals surface area (Å²) in [5.74, 6) is 0. The van der Waals surface area contributed by atoms with Crippen molar-refractivity contribution in [3.05, 3.63) is 35.3 Å². The first-order chi connectivity index (χ1) is 11.9. The lowest BCUT2D eigenvalue weighted by Crippen LogP contribution is -2.49. The van der Waals surface area contributed by atoms with Crippen LogP contribution in [0.5, 0.6) is 0 Å². The molecule has 1 atom stereocenters. The lowest BCUT2D eigenvalue weighted by Gasteiger charge is -2.37. The predicted octanol–water partition coefficient (Wildman–Crippen LogP) is 3.18. The molecule has 1 fully saturated rings. The molecule has 1 aliphatic rings. The number of para-hydroxylation sites is 1. The number of anilines is 2. The van der Waals surface area contributed by atoms with Crippen molar-refractivity contribution in [3.63, 3.8) is 0 Å². The van der Waals surface area contributed by atoms with Gasteiger partial charge in [0.25, 0.3) is 0 Å². The molecule has 1 aromatic carbocycles. The second kappa shape index (κ2) is 7.57. The van der Waals surface area contributed by atoms with Crippen molar-refractivity contribution in [2.45, 2.75) is 19.1 Å². The van der Waals surface area contributed by atoms with Crippen LogP contribution in [0.1, 0.15) is 11.9 Å². The molecular weight excluding hydrogens is 351 g/mol. The number of alkyl halides is 3. The van der Waals surface area contributed by atoms with E-state index >= 15 is 0 Å². The number of halogens is 3. The van der Waals surface area contributed by atoms with Gasteiger partial charge in [-0.25, -0.2) is 0 Å². The van der Waals surface area contributed by atoms with Crippen molar-refractivity contribution >= 4 is 22.2 Å². The molecule has 1 aromatic heterocycles. The Hall–Kier alpha value is -1.87. The fourth-order valence-electron chi connectivity index (χ4n) is 2.87. The summed E-state index contributed by atoms with van der Waals surface area (Å²) < 4.78 is 37.7. The topological polar surface area (TPSA) is 44.3 Å². The molecule has 0 spiro atoms. The zero-order valence-corrected chi connectivity index (χ0v) is 14.6. The number of hydrogen-bond acceptors (Lipinski definition) is 6. The van der Waals surface area contributed by atoms with Gasteiger partial charge in [-0.1, -0.05) is 29.5 Å². The Morgan fingerprint density at radius 2 is 1.80 bits per heavy atom. The van der Waals surface area contributed by atoms with E-state index in [1.165, 1.54) is 5.69 Å². The van der Waals surface area contributed by atoms with Crippen LogP contribution >= 0.6 is 11.3 Å². The molecule has 5 nitrogen and oxygen atoms in total. The van der Waals surface area contributed by atoms with Crippen LogP contribution in [-0.2, 0) is 6.18 Å². The highest BCUT2D eigenvalue weighted by atomic mass is 32.1. The summed E-state index contributed by atoms with van der Waals surface area (Å²) in [5, 5.41) is 9.08. The highest BCUT2D eigenvalue weighted by molar-refractivity contribution is 7.15. The Balaban J connectivity index is 1.46. The van der Waals surface area contributed by atoms with Crippen molar-refractivity contribution in [3.8, 4) is 0 Å². The molecule has 1 unspecified atom stereocenters. The van der Waals surface area contributed by atoms with Crippen molar-refractivity contribution in [1.82, 2.24) is 15.1 Å². The van der Waals surface area contributed by atoms with E-state index in [0.29, 0.717) is 11.3 Å². The Labute approximate surface area is 148 Å². The average Bonchev–Trinajstić information content (AvgIpc) is 3.05. The maximum absolute atomic E-state index is 12.6. The number of nitrogens with zero attached hydrogens (tertiary/aromatic N) is 4. The molecule has 0 radical (unpaired) electrons. The Morgan fingerprint density at radius 1 is 1.12 bits per heavy atom. The summed E-state index contributed by atoms with van der Waals surface area (Å²) in [6, 6.07) is 10.3. The Bertz CT molecular complexity index is 668. The lowest BCUT2D eigenvalue weighted by molar-refractivity contribution is -0.138. The summed E-state index contributed by atoms with van der Waals surface area (Å²) in [6.45, 7) is 6.42. The van der Waals surface area contributed by atoms with Gasteiger partial charge in [-0.05, 0) is 19.1 Å². The van der Waals surface area contributed by atoms with E-state index in [1.807, 2.05) is 25.1 Å². The normalized spacial score (nSPS) is 17.5. The van der Waals surface area contributed by atoms with Gasteiger partial charge in [0.05, 0.1) is 0 Å². The van der Waals surface area contributed by atoms with Crippen LogP contribution < -0.4 is 10.2 Å². The van der Waals surface area contributed by atoms with E-state index in [9.17, 15) is 13.2 Å². The van der Waals surface area contributed by atoms with Crippen LogP contribution in [0.3, 0.4) is 0 Å². The molecule has 0 saturated carbocycles. The molecule has 1 aliphatic heterocycles. The number of benzene rings is 1. The van der Waals surface area contributed by atoms with E-state index in [-0.39, 0.29) is 11.2 Å². The quantitative estimate of drug-likeness (QED) is 0.875. The summed E-state index contributed by atoms with van der Waals surface area (Å²) in [7, 11) is 0. The summed E-state index contributed by atoms with van der Waals surface area (Å²) in [6.07, 6.45) is -4.44. The third-order valence-corrected chi connectivity index (χ3v) is 4.96. The van der Waals surface area contributed by atoms with Gasteiger partial charge in [0, 0.05) is 44.5 Å². The SMILES string of the molecule is CC(CN1CCN(c2ccccc2)CC1)Nc1nnc(C(F)(F)F)s1. The van der Waals surface area contributed by atoms with Gasteiger partial charge in [0.2, 0.25) is 10.1 Å². The minimum Gasteiger partial charge on any atom is -0.369 e. The maximum atomic E-state index is 12.6. The van der Waals surface area contributed by atoms with E-state index in [2.05, 4.69) is 37.4 Å². The Morgan fingerprint density at radius 3 is 2.40 bits per heavy atom. The van der Waals surface area contributed by atoms with Crippen LogP contribution in [0.15, 0.2) is 30.3 Å². The smallest absolute Gasteiger partial charge is 0.369 e. The van der Waals surface area contributed by atoms with Crippen LogP contribution in [0, 0.1) is 0 Å². The molecule has 0 aliphatic carbocycles. The van der Waals surface area contributed by atoms with E-state index in [0.717, 1.165) is 32.7 Å². The van der Waals surface area contributed by atoms with Crippen LogP contribution in [0.2, 0.25) is 0 Å². The summed E-state index contributed by atoms with van der Waals surface area (Å²) in [5.41, 5.74) is 1.22. The number of rotatable bonds is 5. The standard InChI is InChI=1S/C16H20F3N5S/c1-12(20-15-22-21-14(25-15)16(17,18)19)11-23-7-9-24(10-8-23)13-5-3-2-4-6-13/h2-6,12H,7-11H2,1H3,(H,20,22). The average molecular weight is 371 g/mol. The minimum absolute atomic E-state index is 0.00249. The predicted molar refractivity (Wildman–Crippen MR) is 93.1 cm³/mol. The highest BCUT2D eigenvalue weighted by Gasteiger charge is 2.35. The first kappa shape index (κ1) is 17.9. The zero-order valence-electron chi connectivity index (χ0n) is 13.8. The second-order valence-corrected chi connectivity index (χ2v) is 7.06. The number of hydrogen-bond donors (Lipinski definition) is 1.